The van der Waals surface area contributed by atoms with Gasteiger partial charge in [0, 0.05) is 11.9 Å². The van der Waals surface area contributed by atoms with Crippen molar-refractivity contribution < 1.29 is 9.63 Å². The van der Waals surface area contributed by atoms with Crippen LogP contribution in [0.2, 0.25) is 0 Å². The Kier molecular flexibility index (Phi) is 5.43. The SMILES string of the molecule is CC(C)Cn1nc(C(=O)NOCc2ccccc2)c2ccccc2c1=O. The van der Waals surface area contributed by atoms with E-state index >= 15 is 0 Å². The van der Waals surface area contributed by atoms with Crippen molar-refractivity contribution in [2.75, 3.05) is 0 Å². The van der Waals surface area contributed by atoms with Gasteiger partial charge in [-0.3, -0.25) is 14.4 Å². The van der Waals surface area contributed by atoms with Crippen LogP contribution in [0.5, 0.6) is 0 Å². The van der Waals surface area contributed by atoms with Crippen molar-refractivity contribution in [2.24, 2.45) is 5.92 Å². The lowest BCUT2D eigenvalue weighted by Crippen LogP contribution is -2.31. The number of fused-ring (bicyclic) bond motifs is 1. The van der Waals surface area contributed by atoms with Crippen molar-refractivity contribution >= 4 is 16.7 Å². The van der Waals surface area contributed by atoms with Crippen molar-refractivity contribution in [3.63, 3.8) is 0 Å². The Balaban J connectivity index is 1.86. The van der Waals surface area contributed by atoms with Crippen LogP contribution in [-0.2, 0) is 18.0 Å². The highest BCUT2D eigenvalue weighted by Gasteiger charge is 2.17. The fourth-order valence-electron chi connectivity index (χ4n) is 2.68. The number of hydrogen-bond acceptors (Lipinski definition) is 4. The van der Waals surface area contributed by atoms with Crippen LogP contribution < -0.4 is 11.0 Å². The molecule has 0 unspecified atom stereocenters. The fraction of sp³-hybridized carbons (Fsp3) is 0.250. The van der Waals surface area contributed by atoms with Gasteiger partial charge in [0.05, 0.1) is 12.0 Å². The van der Waals surface area contributed by atoms with Crippen LogP contribution in [-0.4, -0.2) is 15.7 Å². The highest BCUT2D eigenvalue weighted by atomic mass is 16.6. The fourth-order valence-corrected chi connectivity index (χ4v) is 2.68. The predicted octanol–water partition coefficient (Wildman–Crippen LogP) is 2.91. The molecule has 26 heavy (non-hydrogen) atoms. The van der Waals surface area contributed by atoms with Crippen LogP contribution in [0.3, 0.4) is 0 Å². The van der Waals surface area contributed by atoms with Crippen LogP contribution >= 0.6 is 0 Å². The lowest BCUT2D eigenvalue weighted by Gasteiger charge is -2.12. The number of hydrogen-bond donors (Lipinski definition) is 1. The molecule has 0 saturated heterocycles. The number of nitrogens with zero attached hydrogens (tertiary/aromatic N) is 2. The molecule has 0 aliphatic heterocycles. The van der Waals surface area contributed by atoms with E-state index < -0.39 is 5.91 Å². The molecule has 1 amide bonds. The summed E-state index contributed by atoms with van der Waals surface area (Å²) >= 11 is 0. The number of carbonyl (C=O) groups is 1. The van der Waals surface area contributed by atoms with Crippen molar-refractivity contribution in [3.8, 4) is 0 Å². The normalized spacial score (nSPS) is 11.0. The largest absolute Gasteiger partial charge is 0.295 e. The summed E-state index contributed by atoms with van der Waals surface area (Å²) in [4.78, 5) is 30.5. The van der Waals surface area contributed by atoms with E-state index in [4.69, 9.17) is 4.84 Å². The molecule has 0 fully saturated rings. The minimum atomic E-state index is -0.477. The highest BCUT2D eigenvalue weighted by Crippen LogP contribution is 2.14. The van der Waals surface area contributed by atoms with Crippen molar-refractivity contribution in [1.82, 2.24) is 15.3 Å². The maximum atomic E-state index is 12.6. The molecule has 3 rings (SSSR count). The van der Waals surface area contributed by atoms with Gasteiger partial charge in [0.2, 0.25) is 0 Å². The van der Waals surface area contributed by atoms with Gasteiger partial charge in [-0.2, -0.15) is 5.10 Å². The van der Waals surface area contributed by atoms with E-state index in [0.717, 1.165) is 5.56 Å². The molecule has 134 valence electrons. The minimum Gasteiger partial charge on any atom is -0.269 e. The molecule has 0 spiro atoms. The van der Waals surface area contributed by atoms with Gasteiger partial charge < -0.3 is 0 Å². The van der Waals surface area contributed by atoms with Crippen LogP contribution in [0.4, 0.5) is 0 Å². The number of benzene rings is 2. The standard InChI is InChI=1S/C20H21N3O3/c1-14(2)12-23-20(25)17-11-7-6-10-16(17)18(21-23)19(24)22-26-13-15-8-4-3-5-9-15/h3-11,14H,12-13H2,1-2H3,(H,22,24). The average Bonchev–Trinajstić information content (AvgIpc) is 2.64. The molecule has 0 bridgehead atoms. The van der Waals surface area contributed by atoms with Gasteiger partial charge in [0.15, 0.2) is 5.69 Å². The third-order valence-electron chi connectivity index (χ3n) is 3.87. The molecular weight excluding hydrogens is 330 g/mol. The smallest absolute Gasteiger partial charge is 0.269 e. The van der Waals surface area contributed by atoms with Gasteiger partial charge in [0.25, 0.3) is 11.5 Å². The minimum absolute atomic E-state index is 0.175. The second kappa shape index (κ2) is 7.93. The summed E-state index contributed by atoms with van der Waals surface area (Å²) in [5, 5.41) is 5.26. The van der Waals surface area contributed by atoms with Gasteiger partial charge in [-0.25, -0.2) is 10.2 Å². The predicted molar refractivity (Wildman–Crippen MR) is 99.5 cm³/mol. The third-order valence-corrected chi connectivity index (χ3v) is 3.87. The van der Waals surface area contributed by atoms with Crippen LogP contribution in [0, 0.1) is 5.92 Å². The Labute approximate surface area is 151 Å². The van der Waals surface area contributed by atoms with E-state index in [1.165, 1.54) is 4.68 Å². The van der Waals surface area contributed by atoms with Crippen LogP contribution in [0.25, 0.3) is 10.8 Å². The van der Waals surface area contributed by atoms with Crippen LogP contribution in [0.15, 0.2) is 59.4 Å². The van der Waals surface area contributed by atoms with Crippen molar-refractivity contribution in [2.45, 2.75) is 27.0 Å². The summed E-state index contributed by atoms with van der Waals surface area (Å²) in [6.07, 6.45) is 0. The zero-order chi connectivity index (χ0) is 18.5. The molecule has 2 aromatic carbocycles. The van der Waals surface area contributed by atoms with E-state index in [1.54, 1.807) is 24.3 Å². The average molecular weight is 351 g/mol. The number of hydroxylamine groups is 1. The Morgan fingerprint density at radius 1 is 1.08 bits per heavy atom. The molecule has 0 aliphatic carbocycles. The maximum Gasteiger partial charge on any atom is 0.295 e. The number of rotatable bonds is 6. The Morgan fingerprint density at radius 2 is 1.73 bits per heavy atom. The summed E-state index contributed by atoms with van der Waals surface area (Å²) in [6.45, 7) is 4.67. The first-order chi connectivity index (χ1) is 12.6. The van der Waals surface area contributed by atoms with Gasteiger partial charge in [-0.15, -0.1) is 0 Å². The van der Waals surface area contributed by atoms with E-state index in [1.807, 2.05) is 44.2 Å². The van der Waals surface area contributed by atoms with E-state index in [-0.39, 0.29) is 23.8 Å². The number of nitrogens with one attached hydrogen (secondary N) is 1. The first-order valence-electron chi connectivity index (χ1n) is 8.52. The van der Waals surface area contributed by atoms with Gasteiger partial charge in [0.1, 0.15) is 0 Å². The van der Waals surface area contributed by atoms with Crippen molar-refractivity contribution in [1.29, 1.82) is 0 Å². The summed E-state index contributed by atoms with van der Waals surface area (Å²) in [6, 6.07) is 16.5. The first-order valence-corrected chi connectivity index (χ1v) is 8.52. The first kappa shape index (κ1) is 17.8. The molecule has 3 aromatic rings. The third kappa shape index (κ3) is 3.97. The molecule has 0 aliphatic rings. The van der Waals surface area contributed by atoms with E-state index in [2.05, 4.69) is 10.6 Å². The lowest BCUT2D eigenvalue weighted by molar-refractivity contribution is 0.0229. The summed E-state index contributed by atoms with van der Waals surface area (Å²) in [7, 11) is 0. The lowest BCUT2D eigenvalue weighted by atomic mass is 10.1. The zero-order valence-corrected chi connectivity index (χ0v) is 14.8. The number of amides is 1. The quantitative estimate of drug-likeness (QED) is 0.693. The summed E-state index contributed by atoms with van der Waals surface area (Å²) < 4.78 is 1.35. The van der Waals surface area contributed by atoms with Gasteiger partial charge in [-0.05, 0) is 17.5 Å². The molecule has 0 radical (unpaired) electrons. The molecule has 1 N–H and O–H groups in total. The molecule has 0 atom stereocenters. The monoisotopic (exact) mass is 351 g/mol. The topological polar surface area (TPSA) is 73.2 Å². The zero-order valence-electron chi connectivity index (χ0n) is 14.8. The summed E-state index contributed by atoms with van der Waals surface area (Å²) in [5.41, 5.74) is 3.34. The second-order valence-corrected chi connectivity index (χ2v) is 6.48. The van der Waals surface area contributed by atoms with E-state index in [9.17, 15) is 9.59 Å². The maximum absolute atomic E-state index is 12.6. The molecule has 1 aromatic heterocycles. The highest BCUT2D eigenvalue weighted by molar-refractivity contribution is 6.04. The number of carbonyl (C=O) groups excluding carboxylic acids is 1. The molecule has 0 saturated carbocycles. The Bertz CT molecular complexity index is 965. The Hall–Kier alpha value is -2.99. The van der Waals surface area contributed by atoms with Gasteiger partial charge >= 0.3 is 0 Å². The Morgan fingerprint density at radius 3 is 2.42 bits per heavy atom. The van der Waals surface area contributed by atoms with Crippen LogP contribution in [0.1, 0.15) is 29.9 Å². The summed E-state index contributed by atoms with van der Waals surface area (Å²) in [5.74, 6) is -0.249. The number of aromatic nitrogens is 2. The molecule has 6 nitrogen and oxygen atoms in total. The molecule has 1 heterocycles. The van der Waals surface area contributed by atoms with Gasteiger partial charge in [-0.1, -0.05) is 62.4 Å². The van der Waals surface area contributed by atoms with E-state index in [0.29, 0.717) is 17.3 Å². The molecule has 6 heteroatoms. The molecular formula is C20H21N3O3. The second-order valence-electron chi connectivity index (χ2n) is 6.48. The van der Waals surface area contributed by atoms with Crippen molar-refractivity contribution in [3.05, 3.63) is 76.2 Å².